The molecule has 0 saturated heterocycles. The highest BCUT2D eigenvalue weighted by Gasteiger charge is 2.18. The van der Waals surface area contributed by atoms with Gasteiger partial charge in [0.2, 0.25) is 5.91 Å². The van der Waals surface area contributed by atoms with Crippen LogP contribution in [0.4, 0.5) is 0 Å². The maximum absolute atomic E-state index is 13.1. The summed E-state index contributed by atoms with van der Waals surface area (Å²) in [6.07, 6.45) is 0. The molecular formula is C22H27N3O2S2. The monoisotopic (exact) mass is 429 g/mol. The second kappa shape index (κ2) is 9.13. The predicted molar refractivity (Wildman–Crippen MR) is 122 cm³/mol. The van der Waals surface area contributed by atoms with Crippen LogP contribution in [0, 0.1) is 19.8 Å². The summed E-state index contributed by atoms with van der Waals surface area (Å²) in [6, 6.07) is 9.80. The molecule has 1 atom stereocenters. The van der Waals surface area contributed by atoms with Gasteiger partial charge < -0.3 is 5.32 Å². The average molecular weight is 430 g/mol. The quantitative estimate of drug-likeness (QED) is 0.437. The van der Waals surface area contributed by atoms with E-state index in [9.17, 15) is 9.59 Å². The van der Waals surface area contributed by atoms with Gasteiger partial charge in [-0.1, -0.05) is 55.9 Å². The molecular weight excluding hydrogens is 402 g/mol. The maximum Gasteiger partial charge on any atom is 0.263 e. The minimum absolute atomic E-state index is 0.00823. The Kier molecular flexibility index (Phi) is 6.80. The van der Waals surface area contributed by atoms with Crippen molar-refractivity contribution in [3.05, 3.63) is 56.7 Å². The summed E-state index contributed by atoms with van der Waals surface area (Å²) in [5.74, 6) is 0.449. The Labute approximate surface area is 179 Å². The van der Waals surface area contributed by atoms with E-state index in [0.29, 0.717) is 23.0 Å². The number of thiophene rings is 1. The minimum atomic E-state index is -0.0738. The summed E-state index contributed by atoms with van der Waals surface area (Å²) >= 11 is 2.86. The number of fused-ring (bicyclic) bond motifs is 1. The van der Waals surface area contributed by atoms with Crippen LogP contribution in [0.2, 0.25) is 0 Å². The van der Waals surface area contributed by atoms with Crippen LogP contribution < -0.4 is 10.9 Å². The zero-order valence-electron chi connectivity index (χ0n) is 17.5. The van der Waals surface area contributed by atoms with Crippen molar-refractivity contribution in [3.63, 3.8) is 0 Å². The summed E-state index contributed by atoms with van der Waals surface area (Å²) in [4.78, 5) is 32.2. The van der Waals surface area contributed by atoms with Gasteiger partial charge in [0.25, 0.3) is 5.56 Å². The Bertz CT molecular complexity index is 1070. The van der Waals surface area contributed by atoms with Crippen molar-refractivity contribution in [2.24, 2.45) is 5.92 Å². The number of amides is 1. The zero-order chi connectivity index (χ0) is 21.1. The summed E-state index contributed by atoms with van der Waals surface area (Å²) < 4.78 is 1.73. The number of hydrogen-bond donors (Lipinski definition) is 1. The van der Waals surface area contributed by atoms with Crippen molar-refractivity contribution in [2.45, 2.75) is 52.4 Å². The molecule has 0 radical (unpaired) electrons. The lowest BCUT2D eigenvalue weighted by molar-refractivity contribution is -0.119. The van der Waals surface area contributed by atoms with E-state index in [-0.39, 0.29) is 23.3 Å². The number of aromatic nitrogens is 2. The molecule has 0 aliphatic rings. The fourth-order valence-corrected chi connectivity index (χ4v) is 5.07. The van der Waals surface area contributed by atoms with E-state index in [1.54, 1.807) is 4.57 Å². The fourth-order valence-electron chi connectivity index (χ4n) is 3.18. The first-order valence-electron chi connectivity index (χ1n) is 9.75. The molecule has 2 aromatic heterocycles. The van der Waals surface area contributed by atoms with Crippen LogP contribution in [0.25, 0.3) is 10.2 Å². The van der Waals surface area contributed by atoms with Crippen molar-refractivity contribution in [3.8, 4) is 0 Å². The third-order valence-electron chi connectivity index (χ3n) is 4.81. The molecule has 0 aliphatic heterocycles. The predicted octanol–water partition coefficient (Wildman–Crippen LogP) is 4.70. The molecule has 0 bridgehead atoms. The molecule has 7 heteroatoms. The Balaban J connectivity index is 1.81. The molecule has 0 fully saturated rings. The molecule has 0 unspecified atom stereocenters. The van der Waals surface area contributed by atoms with Gasteiger partial charge in [0.15, 0.2) is 5.16 Å². The number of aryl methyl sites for hydroxylation is 2. The summed E-state index contributed by atoms with van der Waals surface area (Å²) in [6.45, 7) is 10.7. The molecule has 1 aromatic carbocycles. The number of benzene rings is 1. The number of thioether (sulfide) groups is 1. The second-order valence-corrected chi connectivity index (χ2v) is 9.80. The summed E-state index contributed by atoms with van der Waals surface area (Å²) in [5, 5.41) is 4.34. The third-order valence-corrected chi connectivity index (χ3v) is 6.89. The highest BCUT2D eigenvalue weighted by Crippen LogP contribution is 2.28. The number of nitrogens with one attached hydrogen (secondary N) is 1. The number of rotatable bonds is 7. The molecule has 1 amide bonds. The topological polar surface area (TPSA) is 64.0 Å². The molecule has 3 aromatic rings. The Hall–Kier alpha value is -2.12. The van der Waals surface area contributed by atoms with Gasteiger partial charge in [0, 0.05) is 11.4 Å². The normalized spacial score (nSPS) is 12.5. The van der Waals surface area contributed by atoms with Crippen molar-refractivity contribution in [2.75, 3.05) is 5.75 Å². The third kappa shape index (κ3) is 4.90. The van der Waals surface area contributed by atoms with E-state index >= 15 is 0 Å². The van der Waals surface area contributed by atoms with Gasteiger partial charge in [-0.05, 0) is 37.8 Å². The standard InChI is InChI=1S/C22H27N3O2S2/c1-13(2)11-25-21(27)19-14(3)16(5)29-20(19)24-22(25)28-12-18(26)23-15(4)17-9-7-6-8-10-17/h6-10,13,15H,11-12H2,1-5H3,(H,23,26)/t15-/m1/s1. The molecule has 0 aliphatic carbocycles. The van der Waals surface area contributed by atoms with Gasteiger partial charge in [0.05, 0.1) is 17.2 Å². The number of carbonyl (C=O) groups is 1. The van der Waals surface area contributed by atoms with Gasteiger partial charge in [-0.3, -0.25) is 14.2 Å². The van der Waals surface area contributed by atoms with E-state index in [2.05, 4.69) is 19.2 Å². The molecule has 29 heavy (non-hydrogen) atoms. The van der Waals surface area contributed by atoms with Gasteiger partial charge in [-0.15, -0.1) is 11.3 Å². The first kappa shape index (κ1) is 21.6. The Morgan fingerprint density at radius 3 is 2.55 bits per heavy atom. The van der Waals surface area contributed by atoms with Crippen LogP contribution in [-0.4, -0.2) is 21.2 Å². The van der Waals surface area contributed by atoms with Gasteiger partial charge in [-0.2, -0.15) is 0 Å². The van der Waals surface area contributed by atoms with Crippen LogP contribution in [-0.2, 0) is 11.3 Å². The average Bonchev–Trinajstić information content (AvgIpc) is 2.97. The lowest BCUT2D eigenvalue weighted by Gasteiger charge is -2.16. The number of carbonyl (C=O) groups excluding carboxylic acids is 1. The smallest absolute Gasteiger partial charge is 0.263 e. The molecule has 0 saturated carbocycles. The summed E-state index contributed by atoms with van der Waals surface area (Å²) in [5.41, 5.74) is 2.06. The first-order valence-corrected chi connectivity index (χ1v) is 11.6. The Morgan fingerprint density at radius 1 is 1.21 bits per heavy atom. The van der Waals surface area contributed by atoms with Crippen molar-refractivity contribution in [1.82, 2.24) is 14.9 Å². The number of hydrogen-bond acceptors (Lipinski definition) is 5. The maximum atomic E-state index is 13.1. The van der Waals surface area contributed by atoms with Crippen LogP contribution in [0.3, 0.4) is 0 Å². The summed E-state index contributed by atoms with van der Waals surface area (Å²) in [7, 11) is 0. The lowest BCUT2D eigenvalue weighted by atomic mass is 10.1. The molecule has 5 nitrogen and oxygen atoms in total. The van der Waals surface area contributed by atoms with Crippen molar-refractivity contribution in [1.29, 1.82) is 0 Å². The molecule has 1 N–H and O–H groups in total. The fraction of sp³-hybridized carbons (Fsp3) is 0.409. The molecule has 2 heterocycles. The zero-order valence-corrected chi connectivity index (χ0v) is 19.1. The molecule has 154 valence electrons. The second-order valence-electron chi connectivity index (χ2n) is 7.66. The largest absolute Gasteiger partial charge is 0.349 e. The van der Waals surface area contributed by atoms with Crippen LogP contribution in [0.1, 0.15) is 42.8 Å². The van der Waals surface area contributed by atoms with Crippen molar-refractivity contribution >= 4 is 39.2 Å². The lowest BCUT2D eigenvalue weighted by Crippen LogP contribution is -2.29. The van der Waals surface area contributed by atoms with E-state index in [4.69, 9.17) is 4.98 Å². The van der Waals surface area contributed by atoms with E-state index in [0.717, 1.165) is 20.8 Å². The molecule has 0 spiro atoms. The highest BCUT2D eigenvalue weighted by molar-refractivity contribution is 7.99. The van der Waals surface area contributed by atoms with E-state index < -0.39 is 0 Å². The van der Waals surface area contributed by atoms with Crippen LogP contribution >= 0.6 is 23.1 Å². The first-order chi connectivity index (χ1) is 13.8. The van der Waals surface area contributed by atoms with Gasteiger partial charge >= 0.3 is 0 Å². The highest BCUT2D eigenvalue weighted by atomic mass is 32.2. The number of nitrogens with zero attached hydrogens (tertiary/aromatic N) is 2. The van der Waals surface area contributed by atoms with Crippen molar-refractivity contribution < 1.29 is 4.79 Å². The van der Waals surface area contributed by atoms with E-state index in [1.807, 2.05) is 51.1 Å². The van der Waals surface area contributed by atoms with E-state index in [1.165, 1.54) is 23.1 Å². The molecule has 3 rings (SSSR count). The van der Waals surface area contributed by atoms with Gasteiger partial charge in [0.1, 0.15) is 4.83 Å². The minimum Gasteiger partial charge on any atom is -0.349 e. The SMILES string of the molecule is Cc1sc2nc(SCC(=O)N[C@H](C)c3ccccc3)n(CC(C)C)c(=O)c2c1C. The Morgan fingerprint density at radius 2 is 1.90 bits per heavy atom. The van der Waals surface area contributed by atoms with Crippen LogP contribution in [0.15, 0.2) is 40.3 Å². The van der Waals surface area contributed by atoms with Gasteiger partial charge in [-0.25, -0.2) is 4.98 Å². The van der Waals surface area contributed by atoms with Crippen LogP contribution in [0.5, 0.6) is 0 Å².